The molecule has 2 atom stereocenters. The first kappa shape index (κ1) is 77.0. The van der Waals surface area contributed by atoms with E-state index in [-0.39, 0.29) is 32.0 Å². The smallest absolute Gasteiger partial charge is 0.462 e. The second-order valence-electron chi connectivity index (χ2n) is 24.2. The quantitative estimate of drug-likeness (QED) is 0.0211. The summed E-state index contributed by atoms with van der Waals surface area (Å²) < 4.78 is 34.6. The Labute approximate surface area is 490 Å². The molecule has 0 heterocycles. The van der Waals surface area contributed by atoms with Gasteiger partial charge in [0.15, 0.2) is 6.10 Å². The fourth-order valence-corrected chi connectivity index (χ4v) is 10.7. The number of carbonyl (C=O) groups is 2. The molecule has 79 heavy (non-hydrogen) atoms. The molecule has 0 fully saturated rings. The van der Waals surface area contributed by atoms with Crippen molar-refractivity contribution in [3.63, 3.8) is 0 Å². The van der Waals surface area contributed by atoms with Gasteiger partial charge in [-0.2, -0.15) is 0 Å². The van der Waals surface area contributed by atoms with E-state index >= 15 is 0 Å². The molecule has 0 saturated heterocycles. The van der Waals surface area contributed by atoms with Crippen LogP contribution in [0, 0.1) is 0 Å². The van der Waals surface area contributed by atoms with Gasteiger partial charge in [-0.25, -0.2) is 4.57 Å². The number of nitrogens with zero attached hydrogens (tertiary/aromatic N) is 1. The summed E-state index contributed by atoms with van der Waals surface area (Å²) in [5.74, 6) is -0.801. The highest BCUT2D eigenvalue weighted by molar-refractivity contribution is 7.47. The fourth-order valence-electron chi connectivity index (χ4n) is 9.95. The molecule has 9 nitrogen and oxygen atoms in total. The molecule has 0 radical (unpaired) electrons. The van der Waals surface area contributed by atoms with Crippen LogP contribution in [0.25, 0.3) is 0 Å². The van der Waals surface area contributed by atoms with Gasteiger partial charge >= 0.3 is 19.8 Å². The summed E-state index contributed by atoms with van der Waals surface area (Å²) in [6.45, 7) is 4.35. The van der Waals surface area contributed by atoms with Crippen LogP contribution in [0.15, 0.2) is 48.6 Å². The Morgan fingerprint density at radius 3 is 1.08 bits per heavy atom. The third-order valence-electron chi connectivity index (χ3n) is 15.1. The molecule has 0 aliphatic rings. The zero-order chi connectivity index (χ0) is 57.7. The number of hydrogen-bond acceptors (Lipinski definition) is 7. The minimum atomic E-state index is -4.39. The van der Waals surface area contributed by atoms with Crippen LogP contribution in [0.3, 0.4) is 0 Å². The molecular formula is C69H131NO8P+. The second kappa shape index (κ2) is 60.6. The molecule has 0 saturated carbocycles. The van der Waals surface area contributed by atoms with Crippen LogP contribution in [-0.4, -0.2) is 74.9 Å². The van der Waals surface area contributed by atoms with Gasteiger partial charge in [-0.15, -0.1) is 0 Å². The Kier molecular flexibility index (Phi) is 59.0. The van der Waals surface area contributed by atoms with Gasteiger partial charge in [0.05, 0.1) is 27.7 Å². The zero-order valence-corrected chi connectivity index (χ0v) is 53.8. The molecule has 0 spiro atoms. The average Bonchev–Trinajstić information content (AvgIpc) is 3.41. The number of quaternary nitrogens is 1. The van der Waals surface area contributed by atoms with Crippen molar-refractivity contribution < 1.29 is 42.1 Å². The maximum atomic E-state index is 12.8. The van der Waals surface area contributed by atoms with Gasteiger partial charge in [0.25, 0.3) is 0 Å². The average molecular weight is 1130 g/mol. The summed E-state index contributed by atoms with van der Waals surface area (Å²) >= 11 is 0. The molecule has 464 valence electrons. The van der Waals surface area contributed by atoms with Crippen LogP contribution in [-0.2, 0) is 32.7 Å². The topological polar surface area (TPSA) is 108 Å². The third kappa shape index (κ3) is 65.0. The van der Waals surface area contributed by atoms with Crippen molar-refractivity contribution in [2.45, 2.75) is 335 Å². The minimum absolute atomic E-state index is 0.0287. The molecule has 2 unspecified atom stereocenters. The van der Waals surface area contributed by atoms with Crippen LogP contribution < -0.4 is 0 Å². The number of ether oxygens (including phenoxy) is 2. The predicted molar refractivity (Wildman–Crippen MR) is 340 cm³/mol. The number of hydrogen-bond donors (Lipinski definition) is 1. The van der Waals surface area contributed by atoms with Crippen molar-refractivity contribution in [2.75, 3.05) is 47.5 Å². The molecule has 0 aliphatic carbocycles. The van der Waals surface area contributed by atoms with E-state index in [0.717, 1.165) is 83.5 Å². The van der Waals surface area contributed by atoms with Crippen LogP contribution in [0.2, 0.25) is 0 Å². The van der Waals surface area contributed by atoms with E-state index in [1.165, 1.54) is 212 Å². The summed E-state index contributed by atoms with van der Waals surface area (Å²) in [5.41, 5.74) is 0. The number of allylic oxidation sites excluding steroid dienone is 8. The van der Waals surface area contributed by atoms with E-state index in [0.29, 0.717) is 17.4 Å². The Morgan fingerprint density at radius 1 is 0.405 bits per heavy atom. The number of rotatable bonds is 63. The van der Waals surface area contributed by atoms with Crippen molar-refractivity contribution in [1.29, 1.82) is 0 Å². The highest BCUT2D eigenvalue weighted by Crippen LogP contribution is 2.43. The van der Waals surface area contributed by atoms with E-state index < -0.39 is 26.5 Å². The molecule has 0 aliphatic heterocycles. The molecule has 0 aromatic rings. The van der Waals surface area contributed by atoms with Crippen LogP contribution in [0.4, 0.5) is 0 Å². The molecular weight excluding hydrogens is 1000 g/mol. The lowest BCUT2D eigenvalue weighted by Gasteiger charge is -2.24. The van der Waals surface area contributed by atoms with Gasteiger partial charge in [-0.1, -0.05) is 313 Å². The lowest BCUT2D eigenvalue weighted by Crippen LogP contribution is -2.37. The summed E-state index contributed by atoms with van der Waals surface area (Å²) in [5, 5.41) is 0. The normalized spacial score (nSPS) is 13.4. The van der Waals surface area contributed by atoms with Gasteiger partial charge in [0.2, 0.25) is 0 Å². The van der Waals surface area contributed by atoms with Gasteiger partial charge in [-0.05, 0) is 51.4 Å². The van der Waals surface area contributed by atoms with E-state index in [1.54, 1.807) is 0 Å². The Hall–Kier alpha value is -2.03. The maximum Gasteiger partial charge on any atom is 0.472 e. The lowest BCUT2D eigenvalue weighted by molar-refractivity contribution is -0.870. The first-order valence-corrected chi connectivity index (χ1v) is 35.4. The Morgan fingerprint density at radius 2 is 0.722 bits per heavy atom. The van der Waals surface area contributed by atoms with Crippen LogP contribution in [0.5, 0.6) is 0 Å². The molecule has 0 rings (SSSR count). The summed E-state index contributed by atoms with van der Waals surface area (Å²) in [6, 6.07) is 0. The Bertz CT molecular complexity index is 1470. The minimum Gasteiger partial charge on any atom is -0.462 e. The van der Waals surface area contributed by atoms with Crippen LogP contribution in [0.1, 0.15) is 328 Å². The van der Waals surface area contributed by atoms with Gasteiger partial charge < -0.3 is 18.9 Å². The third-order valence-corrected chi connectivity index (χ3v) is 16.1. The summed E-state index contributed by atoms with van der Waals surface area (Å²) in [4.78, 5) is 35.8. The van der Waals surface area contributed by atoms with E-state index in [9.17, 15) is 19.0 Å². The fraction of sp³-hybridized carbons (Fsp3) is 0.855. The number of likely N-dealkylation sites (N-methyl/N-ethyl adjacent to an activating group) is 1. The number of carbonyl (C=O) groups excluding carboxylic acids is 2. The summed E-state index contributed by atoms with van der Waals surface area (Å²) in [7, 11) is 1.47. The Balaban J connectivity index is 3.94. The molecule has 0 aromatic heterocycles. The van der Waals surface area contributed by atoms with Gasteiger partial charge in [-0.3, -0.25) is 18.6 Å². The van der Waals surface area contributed by atoms with Crippen molar-refractivity contribution in [3.05, 3.63) is 48.6 Å². The highest BCUT2D eigenvalue weighted by Gasteiger charge is 2.27. The molecule has 10 heteroatoms. The molecule has 0 aromatic carbocycles. The standard InChI is InChI=1S/C69H130NO8P/c1-6-8-10-12-14-16-18-20-22-24-26-27-28-29-30-31-32-33-34-35-36-37-38-39-40-41-42-44-45-47-49-51-53-55-57-59-61-68(71)75-65-67(66-77-79(73,74)76-64-63-70(3,4)5)78-69(72)62-60-58-56-54-52-50-48-46-43-25-23-21-19-17-15-13-11-9-7-2/h9,11,15,17,21,23,43,46,67H,6-8,10,12-14,16,18-20,22,24-42,44-45,47-66H2,1-5H3/p+1/b11-9-,17-15-,23-21-,46-43-. The zero-order valence-electron chi connectivity index (χ0n) is 52.9. The van der Waals surface area contributed by atoms with Crippen molar-refractivity contribution >= 4 is 19.8 Å². The molecule has 1 N–H and O–H groups in total. The molecule has 0 bridgehead atoms. The van der Waals surface area contributed by atoms with Crippen molar-refractivity contribution in [2.24, 2.45) is 0 Å². The number of esters is 2. The van der Waals surface area contributed by atoms with Crippen LogP contribution >= 0.6 is 7.82 Å². The summed E-state index contributed by atoms with van der Waals surface area (Å²) in [6.07, 6.45) is 78.1. The first-order chi connectivity index (χ1) is 38.5. The lowest BCUT2D eigenvalue weighted by atomic mass is 10.0. The first-order valence-electron chi connectivity index (χ1n) is 33.9. The van der Waals surface area contributed by atoms with E-state index in [1.807, 2.05) is 21.1 Å². The SMILES string of the molecule is CC/C=C\C/C=C\C/C=C\C/C=C\CCCCCCCCC(=O)OC(COC(=O)CCCCCCCCCCCCCCCCCCCCCCCCCCCCCCCCCCCCCC)COP(=O)(O)OCC[N+](C)(C)C. The maximum absolute atomic E-state index is 12.8. The highest BCUT2D eigenvalue weighted by atomic mass is 31.2. The van der Waals surface area contributed by atoms with Gasteiger partial charge in [0.1, 0.15) is 19.8 Å². The monoisotopic (exact) mass is 1130 g/mol. The van der Waals surface area contributed by atoms with E-state index in [2.05, 4.69) is 62.5 Å². The molecule has 0 amide bonds. The largest absolute Gasteiger partial charge is 0.472 e. The van der Waals surface area contributed by atoms with Gasteiger partial charge in [0, 0.05) is 12.8 Å². The van der Waals surface area contributed by atoms with Crippen molar-refractivity contribution in [1.82, 2.24) is 0 Å². The number of phosphoric ester groups is 1. The van der Waals surface area contributed by atoms with E-state index in [4.69, 9.17) is 18.5 Å². The number of phosphoric acid groups is 1. The second-order valence-corrected chi connectivity index (χ2v) is 25.6. The number of unbranched alkanes of at least 4 members (excludes halogenated alkanes) is 41. The van der Waals surface area contributed by atoms with Crippen molar-refractivity contribution in [3.8, 4) is 0 Å². The predicted octanol–water partition coefficient (Wildman–Crippen LogP) is 21.7.